The first-order chi connectivity index (χ1) is 12.4. The maximum Gasteiger partial charge on any atom is 0.303 e. The first-order valence-electron chi connectivity index (χ1n) is 9.72. The van der Waals surface area contributed by atoms with Crippen LogP contribution in [-0.4, -0.2) is 41.5 Å². The van der Waals surface area contributed by atoms with Crippen molar-refractivity contribution >= 4 is 11.9 Å². The number of carboxylic acids is 1. The molecule has 26 heavy (non-hydrogen) atoms. The van der Waals surface area contributed by atoms with E-state index < -0.39 is 5.97 Å². The minimum Gasteiger partial charge on any atom is -0.481 e. The van der Waals surface area contributed by atoms with Gasteiger partial charge in [0.1, 0.15) is 0 Å². The molecule has 0 radical (unpaired) electrons. The van der Waals surface area contributed by atoms with Gasteiger partial charge in [-0.1, -0.05) is 44.2 Å². The van der Waals surface area contributed by atoms with Crippen molar-refractivity contribution < 1.29 is 14.7 Å². The molecule has 1 aromatic rings. The quantitative estimate of drug-likeness (QED) is 0.707. The van der Waals surface area contributed by atoms with Crippen molar-refractivity contribution in [3.8, 4) is 0 Å². The van der Waals surface area contributed by atoms with Crippen molar-refractivity contribution in [1.82, 2.24) is 10.2 Å². The summed E-state index contributed by atoms with van der Waals surface area (Å²) in [5.74, 6) is 0.196. The molecule has 1 aliphatic heterocycles. The standard InChI is InChI=1S/C21H32N2O3/c1-16(2)13-19(18-8-4-3-5-9-18)22-20(24)15-23-12-6-7-17(14-23)10-11-21(25)26/h3-5,8-9,16-17,19H,6-7,10-15H2,1-2H3,(H,22,24)(H,25,26). The van der Waals surface area contributed by atoms with E-state index in [-0.39, 0.29) is 18.4 Å². The van der Waals surface area contributed by atoms with Crippen LogP contribution < -0.4 is 5.32 Å². The largest absolute Gasteiger partial charge is 0.481 e. The summed E-state index contributed by atoms with van der Waals surface area (Å²) in [6.07, 6.45) is 3.93. The molecule has 1 aliphatic rings. The number of nitrogens with one attached hydrogen (secondary N) is 1. The molecule has 1 heterocycles. The lowest BCUT2D eigenvalue weighted by atomic mass is 9.93. The number of carbonyl (C=O) groups excluding carboxylic acids is 1. The van der Waals surface area contributed by atoms with Crippen molar-refractivity contribution in [2.24, 2.45) is 11.8 Å². The summed E-state index contributed by atoms with van der Waals surface area (Å²) in [7, 11) is 0. The van der Waals surface area contributed by atoms with Gasteiger partial charge in [0.2, 0.25) is 5.91 Å². The van der Waals surface area contributed by atoms with Gasteiger partial charge in [0.25, 0.3) is 0 Å². The van der Waals surface area contributed by atoms with Gasteiger partial charge in [0, 0.05) is 13.0 Å². The van der Waals surface area contributed by atoms with Gasteiger partial charge in [-0.15, -0.1) is 0 Å². The van der Waals surface area contributed by atoms with E-state index in [2.05, 4.69) is 36.2 Å². The van der Waals surface area contributed by atoms with Crippen LogP contribution in [0.2, 0.25) is 0 Å². The second-order valence-corrected chi connectivity index (χ2v) is 7.84. The Morgan fingerprint density at radius 3 is 2.65 bits per heavy atom. The zero-order valence-corrected chi connectivity index (χ0v) is 16.0. The summed E-state index contributed by atoms with van der Waals surface area (Å²) in [5.41, 5.74) is 1.15. The molecule has 1 saturated heterocycles. The van der Waals surface area contributed by atoms with Crippen LogP contribution in [0.1, 0.15) is 57.6 Å². The van der Waals surface area contributed by atoms with Crippen molar-refractivity contribution in [3.05, 3.63) is 35.9 Å². The Labute approximate surface area is 156 Å². The highest BCUT2D eigenvalue weighted by Crippen LogP contribution is 2.23. The Balaban J connectivity index is 1.87. The average Bonchev–Trinajstić information content (AvgIpc) is 2.60. The first kappa shape index (κ1) is 20.4. The molecule has 1 aromatic carbocycles. The number of benzene rings is 1. The molecule has 5 heteroatoms. The maximum atomic E-state index is 12.6. The number of nitrogens with zero attached hydrogens (tertiary/aromatic N) is 1. The van der Waals surface area contributed by atoms with E-state index in [0.717, 1.165) is 37.9 Å². The summed E-state index contributed by atoms with van der Waals surface area (Å²) in [5, 5.41) is 12.1. The topological polar surface area (TPSA) is 69.6 Å². The van der Waals surface area contributed by atoms with Gasteiger partial charge in [-0.3, -0.25) is 14.5 Å². The monoisotopic (exact) mass is 360 g/mol. The molecule has 1 fully saturated rings. The van der Waals surface area contributed by atoms with Crippen LogP contribution in [0.5, 0.6) is 0 Å². The fourth-order valence-electron chi connectivity index (χ4n) is 3.74. The van der Waals surface area contributed by atoms with E-state index in [4.69, 9.17) is 5.11 Å². The van der Waals surface area contributed by atoms with Crippen LogP contribution >= 0.6 is 0 Å². The van der Waals surface area contributed by atoms with Gasteiger partial charge in [0.05, 0.1) is 12.6 Å². The zero-order chi connectivity index (χ0) is 18.9. The summed E-state index contributed by atoms with van der Waals surface area (Å²) in [4.78, 5) is 25.5. The number of amides is 1. The molecule has 0 bridgehead atoms. The number of likely N-dealkylation sites (tertiary alicyclic amines) is 1. The molecule has 2 unspecified atom stereocenters. The molecule has 0 saturated carbocycles. The van der Waals surface area contributed by atoms with E-state index in [9.17, 15) is 9.59 Å². The number of hydrogen-bond donors (Lipinski definition) is 2. The Morgan fingerprint density at radius 1 is 1.27 bits per heavy atom. The molecule has 2 N–H and O–H groups in total. The number of carbonyl (C=O) groups is 2. The Hall–Kier alpha value is -1.88. The normalized spacial score (nSPS) is 19.3. The molecular weight excluding hydrogens is 328 g/mol. The van der Waals surface area contributed by atoms with Crippen LogP contribution in [0.3, 0.4) is 0 Å². The van der Waals surface area contributed by atoms with Gasteiger partial charge in [-0.25, -0.2) is 0 Å². The van der Waals surface area contributed by atoms with Crippen molar-refractivity contribution in [3.63, 3.8) is 0 Å². The highest BCUT2D eigenvalue weighted by Gasteiger charge is 2.23. The van der Waals surface area contributed by atoms with E-state index in [1.165, 1.54) is 0 Å². The minimum atomic E-state index is -0.737. The van der Waals surface area contributed by atoms with Crippen molar-refractivity contribution in [1.29, 1.82) is 0 Å². The van der Waals surface area contributed by atoms with E-state index >= 15 is 0 Å². The van der Waals surface area contributed by atoms with Crippen LogP contribution in [0.4, 0.5) is 0 Å². The second-order valence-electron chi connectivity index (χ2n) is 7.84. The number of piperidine rings is 1. The van der Waals surface area contributed by atoms with Gasteiger partial charge in [-0.2, -0.15) is 0 Å². The summed E-state index contributed by atoms with van der Waals surface area (Å²) < 4.78 is 0. The SMILES string of the molecule is CC(C)CC(NC(=O)CN1CCCC(CCC(=O)O)C1)c1ccccc1. The number of rotatable bonds is 9. The molecule has 0 spiro atoms. The second kappa shape index (κ2) is 10.3. The lowest BCUT2D eigenvalue weighted by Crippen LogP contribution is -2.43. The van der Waals surface area contributed by atoms with Crippen molar-refractivity contribution in [2.75, 3.05) is 19.6 Å². The number of carboxylic acid groups (broad SMARTS) is 1. The van der Waals surface area contributed by atoms with Gasteiger partial charge in [0.15, 0.2) is 0 Å². The fraction of sp³-hybridized carbons (Fsp3) is 0.619. The van der Waals surface area contributed by atoms with E-state index in [1.807, 2.05) is 18.2 Å². The molecule has 2 atom stereocenters. The molecule has 0 aliphatic carbocycles. The Kier molecular flexibility index (Phi) is 8.10. The summed E-state index contributed by atoms with van der Waals surface area (Å²) >= 11 is 0. The van der Waals surface area contributed by atoms with Gasteiger partial charge >= 0.3 is 5.97 Å². The highest BCUT2D eigenvalue weighted by atomic mass is 16.4. The zero-order valence-electron chi connectivity index (χ0n) is 16.0. The third kappa shape index (κ3) is 7.16. The van der Waals surface area contributed by atoms with Gasteiger partial charge in [-0.05, 0) is 49.6 Å². The molecule has 1 amide bonds. The predicted octanol–water partition coefficient (Wildman–Crippen LogP) is 3.47. The molecular formula is C21H32N2O3. The van der Waals surface area contributed by atoms with Crippen LogP contribution in [0.25, 0.3) is 0 Å². The lowest BCUT2D eigenvalue weighted by molar-refractivity contribution is -0.137. The maximum absolute atomic E-state index is 12.6. The Bertz CT molecular complexity index is 574. The van der Waals surface area contributed by atoms with Crippen LogP contribution in [-0.2, 0) is 9.59 Å². The van der Waals surface area contributed by atoms with Crippen LogP contribution in [0, 0.1) is 11.8 Å². The van der Waals surface area contributed by atoms with Gasteiger partial charge < -0.3 is 10.4 Å². The molecule has 5 nitrogen and oxygen atoms in total. The molecule has 144 valence electrons. The third-order valence-corrected chi connectivity index (χ3v) is 4.98. The number of aliphatic carboxylic acids is 1. The molecule has 0 aromatic heterocycles. The minimum absolute atomic E-state index is 0.0382. The van der Waals surface area contributed by atoms with E-state index in [1.54, 1.807) is 0 Å². The fourth-order valence-corrected chi connectivity index (χ4v) is 3.74. The third-order valence-electron chi connectivity index (χ3n) is 4.98. The number of hydrogen-bond acceptors (Lipinski definition) is 3. The Morgan fingerprint density at radius 2 is 2.00 bits per heavy atom. The summed E-state index contributed by atoms with van der Waals surface area (Å²) in [6.45, 7) is 6.46. The lowest BCUT2D eigenvalue weighted by Gasteiger charge is -2.32. The predicted molar refractivity (Wildman–Crippen MR) is 103 cm³/mol. The van der Waals surface area contributed by atoms with Crippen LogP contribution in [0.15, 0.2) is 30.3 Å². The highest BCUT2D eigenvalue weighted by molar-refractivity contribution is 5.78. The average molecular weight is 360 g/mol. The molecule has 2 rings (SSSR count). The first-order valence-corrected chi connectivity index (χ1v) is 9.72. The summed E-state index contributed by atoms with van der Waals surface area (Å²) in [6, 6.07) is 10.2. The van der Waals surface area contributed by atoms with E-state index in [0.29, 0.717) is 24.8 Å². The smallest absolute Gasteiger partial charge is 0.303 e. The van der Waals surface area contributed by atoms with Crippen molar-refractivity contribution in [2.45, 2.75) is 52.0 Å².